The Kier molecular flexibility index (Phi) is 4.53. The summed E-state index contributed by atoms with van der Waals surface area (Å²) < 4.78 is 5.02. The molecule has 1 aliphatic carbocycles. The van der Waals surface area contributed by atoms with Gasteiger partial charge in [0.2, 0.25) is 5.91 Å². The fourth-order valence-electron chi connectivity index (χ4n) is 3.07. The van der Waals surface area contributed by atoms with Crippen LogP contribution in [0.2, 0.25) is 0 Å². The second-order valence-electron chi connectivity index (χ2n) is 5.73. The van der Waals surface area contributed by atoms with E-state index in [1.165, 1.54) is 11.1 Å². The number of amides is 1. The number of nitrogens with zero attached hydrogens (tertiary/aromatic N) is 1. The predicted octanol–water partition coefficient (Wildman–Crippen LogP) is 2.29. The molecule has 0 saturated heterocycles. The van der Waals surface area contributed by atoms with Crippen LogP contribution < -0.4 is 5.32 Å². The molecule has 116 valence electrons. The van der Waals surface area contributed by atoms with Crippen LogP contribution in [0.5, 0.6) is 0 Å². The van der Waals surface area contributed by atoms with Gasteiger partial charge in [-0.15, -0.1) is 0 Å². The maximum Gasteiger partial charge on any atom is 0.220 e. The minimum atomic E-state index is 0.0876. The first kappa shape index (κ1) is 14.8. The zero-order chi connectivity index (χ0) is 15.4. The van der Waals surface area contributed by atoms with Crippen molar-refractivity contribution in [2.45, 2.75) is 38.3 Å². The minimum Gasteiger partial charge on any atom is -0.378 e. The van der Waals surface area contributed by atoms with Gasteiger partial charge >= 0.3 is 0 Å². The summed E-state index contributed by atoms with van der Waals surface area (Å²) in [6, 6.07) is 10.3. The number of carbonyl (C=O) groups excluding carboxylic acids is 1. The SMILES string of the molecule is COCc1cc(CNC(=O)CC2CCc3ccccc32)[nH]n1. The highest BCUT2D eigenvalue weighted by atomic mass is 16.5. The van der Waals surface area contributed by atoms with E-state index < -0.39 is 0 Å². The van der Waals surface area contributed by atoms with Crippen molar-refractivity contribution in [3.05, 3.63) is 52.8 Å². The molecule has 1 atom stereocenters. The van der Waals surface area contributed by atoms with Gasteiger partial charge in [-0.05, 0) is 36.0 Å². The molecular weight excluding hydrogens is 278 g/mol. The number of aryl methyl sites for hydroxylation is 1. The molecule has 3 rings (SSSR count). The third-order valence-corrected chi connectivity index (χ3v) is 4.14. The van der Waals surface area contributed by atoms with Crippen LogP contribution >= 0.6 is 0 Å². The average molecular weight is 299 g/mol. The molecule has 1 unspecified atom stereocenters. The molecule has 5 heteroatoms. The number of hydrogen-bond acceptors (Lipinski definition) is 3. The summed E-state index contributed by atoms with van der Waals surface area (Å²) in [7, 11) is 1.63. The molecule has 0 saturated carbocycles. The molecule has 2 N–H and O–H groups in total. The van der Waals surface area contributed by atoms with Gasteiger partial charge in [-0.3, -0.25) is 9.89 Å². The van der Waals surface area contributed by atoms with Gasteiger partial charge in [0.1, 0.15) is 0 Å². The van der Waals surface area contributed by atoms with Crippen LogP contribution in [0.25, 0.3) is 0 Å². The third kappa shape index (κ3) is 3.36. The Balaban J connectivity index is 1.51. The van der Waals surface area contributed by atoms with E-state index in [4.69, 9.17) is 4.74 Å². The summed E-state index contributed by atoms with van der Waals surface area (Å²) in [6.45, 7) is 0.952. The average Bonchev–Trinajstić information content (AvgIpc) is 3.13. The van der Waals surface area contributed by atoms with E-state index in [0.29, 0.717) is 25.5 Å². The van der Waals surface area contributed by atoms with Crippen molar-refractivity contribution < 1.29 is 9.53 Å². The van der Waals surface area contributed by atoms with E-state index in [0.717, 1.165) is 24.2 Å². The molecule has 0 spiro atoms. The Labute approximate surface area is 130 Å². The van der Waals surface area contributed by atoms with Crippen LogP contribution in [0.1, 0.15) is 41.3 Å². The smallest absolute Gasteiger partial charge is 0.220 e. The quantitative estimate of drug-likeness (QED) is 0.860. The van der Waals surface area contributed by atoms with Crippen LogP contribution in [0, 0.1) is 0 Å². The van der Waals surface area contributed by atoms with Crippen LogP contribution in [-0.2, 0) is 29.1 Å². The van der Waals surface area contributed by atoms with E-state index in [1.54, 1.807) is 7.11 Å². The highest BCUT2D eigenvalue weighted by Gasteiger charge is 2.24. The molecule has 1 aliphatic rings. The number of fused-ring (bicyclic) bond motifs is 1. The van der Waals surface area contributed by atoms with Gasteiger partial charge in [-0.2, -0.15) is 5.10 Å². The van der Waals surface area contributed by atoms with Gasteiger partial charge in [0.25, 0.3) is 0 Å². The lowest BCUT2D eigenvalue weighted by molar-refractivity contribution is -0.121. The van der Waals surface area contributed by atoms with Crippen LogP contribution in [0.3, 0.4) is 0 Å². The summed E-state index contributed by atoms with van der Waals surface area (Å²) in [5.41, 5.74) is 4.46. The minimum absolute atomic E-state index is 0.0876. The Morgan fingerprint density at radius 3 is 3.18 bits per heavy atom. The van der Waals surface area contributed by atoms with Gasteiger partial charge in [0.05, 0.1) is 24.5 Å². The summed E-state index contributed by atoms with van der Waals surface area (Å²) >= 11 is 0. The zero-order valence-corrected chi connectivity index (χ0v) is 12.8. The van der Waals surface area contributed by atoms with Crippen LogP contribution in [-0.4, -0.2) is 23.2 Å². The van der Waals surface area contributed by atoms with Crippen molar-refractivity contribution in [1.82, 2.24) is 15.5 Å². The summed E-state index contributed by atoms with van der Waals surface area (Å²) in [6.07, 6.45) is 2.69. The Morgan fingerprint density at radius 1 is 1.45 bits per heavy atom. The maximum atomic E-state index is 12.1. The number of methoxy groups -OCH3 is 1. The number of ether oxygens (including phenoxy) is 1. The summed E-state index contributed by atoms with van der Waals surface area (Å²) in [5.74, 6) is 0.437. The van der Waals surface area contributed by atoms with Crippen molar-refractivity contribution in [2.24, 2.45) is 0 Å². The second kappa shape index (κ2) is 6.75. The Morgan fingerprint density at radius 2 is 2.32 bits per heavy atom. The Bertz CT molecular complexity index is 651. The van der Waals surface area contributed by atoms with E-state index >= 15 is 0 Å². The molecule has 1 aromatic heterocycles. The van der Waals surface area contributed by atoms with E-state index in [2.05, 4.69) is 39.8 Å². The van der Waals surface area contributed by atoms with Crippen molar-refractivity contribution in [1.29, 1.82) is 0 Å². The predicted molar refractivity (Wildman–Crippen MR) is 83.3 cm³/mol. The molecule has 1 aromatic carbocycles. The van der Waals surface area contributed by atoms with Gasteiger partial charge in [-0.1, -0.05) is 24.3 Å². The highest BCUT2D eigenvalue weighted by Crippen LogP contribution is 2.34. The normalized spacial score (nSPS) is 16.5. The number of benzene rings is 1. The van der Waals surface area contributed by atoms with Gasteiger partial charge in [-0.25, -0.2) is 0 Å². The lowest BCUT2D eigenvalue weighted by atomic mass is 9.97. The largest absolute Gasteiger partial charge is 0.378 e. The summed E-state index contributed by atoms with van der Waals surface area (Å²) in [4.78, 5) is 12.1. The number of nitrogens with one attached hydrogen (secondary N) is 2. The molecule has 22 heavy (non-hydrogen) atoms. The Hall–Kier alpha value is -2.14. The topological polar surface area (TPSA) is 67.0 Å². The first-order valence-electron chi connectivity index (χ1n) is 7.63. The first-order chi connectivity index (χ1) is 10.8. The number of hydrogen-bond donors (Lipinski definition) is 2. The van der Waals surface area contributed by atoms with Gasteiger partial charge in [0, 0.05) is 13.5 Å². The van der Waals surface area contributed by atoms with Crippen molar-refractivity contribution in [3.63, 3.8) is 0 Å². The second-order valence-corrected chi connectivity index (χ2v) is 5.73. The number of aromatic nitrogens is 2. The van der Waals surface area contributed by atoms with Crippen molar-refractivity contribution in [3.8, 4) is 0 Å². The third-order valence-electron chi connectivity index (χ3n) is 4.14. The van der Waals surface area contributed by atoms with Crippen molar-refractivity contribution in [2.75, 3.05) is 7.11 Å². The lowest BCUT2D eigenvalue weighted by Gasteiger charge is -2.11. The summed E-state index contributed by atoms with van der Waals surface area (Å²) in [5, 5.41) is 9.99. The fourth-order valence-corrected chi connectivity index (χ4v) is 3.07. The zero-order valence-electron chi connectivity index (χ0n) is 12.8. The van der Waals surface area contributed by atoms with Crippen molar-refractivity contribution >= 4 is 5.91 Å². The fraction of sp³-hybridized carbons (Fsp3) is 0.412. The van der Waals surface area contributed by atoms with E-state index in [1.807, 2.05) is 6.07 Å². The number of rotatable bonds is 6. The maximum absolute atomic E-state index is 12.1. The monoisotopic (exact) mass is 299 g/mol. The number of H-pyrrole nitrogens is 1. The molecular formula is C17H21N3O2. The first-order valence-corrected chi connectivity index (χ1v) is 7.63. The molecule has 1 heterocycles. The number of carbonyl (C=O) groups is 1. The molecule has 5 nitrogen and oxygen atoms in total. The highest BCUT2D eigenvalue weighted by molar-refractivity contribution is 5.77. The molecule has 0 fully saturated rings. The van der Waals surface area contributed by atoms with Crippen LogP contribution in [0.15, 0.2) is 30.3 Å². The van der Waals surface area contributed by atoms with E-state index in [-0.39, 0.29) is 5.91 Å². The van der Waals surface area contributed by atoms with E-state index in [9.17, 15) is 4.79 Å². The van der Waals surface area contributed by atoms with Gasteiger partial charge in [0.15, 0.2) is 0 Å². The number of aromatic amines is 1. The lowest BCUT2D eigenvalue weighted by Crippen LogP contribution is -2.24. The molecule has 0 bridgehead atoms. The molecule has 0 radical (unpaired) electrons. The molecule has 1 amide bonds. The van der Waals surface area contributed by atoms with Gasteiger partial charge < -0.3 is 10.1 Å². The molecule has 0 aliphatic heterocycles. The van der Waals surface area contributed by atoms with Crippen LogP contribution in [0.4, 0.5) is 0 Å². The molecule has 2 aromatic rings. The standard InChI is InChI=1S/C17H21N3O2/c1-22-11-15-9-14(19-20-15)10-18-17(21)8-13-7-6-12-4-2-3-5-16(12)13/h2-5,9,13H,6-8,10-11H2,1H3,(H,18,21)(H,19,20).